The number of H-pyrrole nitrogens is 1. The number of methoxy groups -OCH3 is 2. The number of hydrogen-bond acceptors (Lipinski definition) is 4. The fourth-order valence-corrected chi connectivity index (χ4v) is 2.96. The number of hydrogen-bond donors (Lipinski definition) is 1. The van der Waals surface area contributed by atoms with Crippen molar-refractivity contribution in [3.05, 3.63) is 33.0 Å². The Balaban J connectivity index is 2.10. The van der Waals surface area contributed by atoms with Crippen molar-refractivity contribution in [2.45, 2.75) is 18.8 Å². The molecule has 1 fully saturated rings. The summed E-state index contributed by atoms with van der Waals surface area (Å²) < 4.78 is 12.1. The van der Waals surface area contributed by atoms with E-state index >= 15 is 0 Å². The molecule has 0 bridgehead atoms. The molecule has 0 amide bonds. The molecule has 1 aliphatic rings. The van der Waals surface area contributed by atoms with Crippen molar-refractivity contribution in [3.8, 4) is 22.9 Å². The van der Waals surface area contributed by atoms with Gasteiger partial charge in [0.15, 0.2) is 11.5 Å². The van der Waals surface area contributed by atoms with Crippen LogP contribution in [0.1, 0.15) is 24.5 Å². The second-order valence-electron chi connectivity index (χ2n) is 4.96. The van der Waals surface area contributed by atoms with Gasteiger partial charge in [0.2, 0.25) is 0 Å². The van der Waals surface area contributed by atoms with Crippen molar-refractivity contribution >= 4 is 28.1 Å². The lowest BCUT2D eigenvalue weighted by molar-refractivity contribution is 0.355. The van der Waals surface area contributed by atoms with Crippen molar-refractivity contribution in [2.24, 2.45) is 0 Å². The van der Waals surface area contributed by atoms with Gasteiger partial charge in [-0.1, -0.05) is 12.2 Å². The first kappa shape index (κ1) is 14.5. The fraction of sp³-hybridized carbons (Fsp3) is 0.333. The van der Waals surface area contributed by atoms with Gasteiger partial charge in [0.05, 0.1) is 18.7 Å². The minimum atomic E-state index is 0.558. The highest BCUT2D eigenvalue weighted by Crippen LogP contribution is 2.43. The van der Waals surface area contributed by atoms with Crippen molar-refractivity contribution in [1.29, 1.82) is 0 Å². The number of ether oxygens (including phenoxy) is 2. The molecule has 1 aromatic heterocycles. The summed E-state index contributed by atoms with van der Waals surface area (Å²) in [6, 6.07) is 5.71. The lowest BCUT2D eigenvalue weighted by atomic mass is 10.1. The average Bonchev–Trinajstić information content (AvgIpc) is 3.33. The van der Waals surface area contributed by atoms with Gasteiger partial charge in [0.1, 0.15) is 10.5 Å². The molecule has 4 nitrogen and oxygen atoms in total. The third kappa shape index (κ3) is 2.82. The van der Waals surface area contributed by atoms with E-state index in [0.717, 1.165) is 21.6 Å². The summed E-state index contributed by atoms with van der Waals surface area (Å²) in [5, 5.41) is 0. The molecule has 0 radical (unpaired) electrons. The van der Waals surface area contributed by atoms with Crippen LogP contribution in [0.5, 0.6) is 11.5 Å². The molecule has 21 heavy (non-hydrogen) atoms. The summed E-state index contributed by atoms with van der Waals surface area (Å²) in [6.45, 7) is 0. The lowest BCUT2D eigenvalue weighted by Gasteiger charge is -2.11. The summed E-state index contributed by atoms with van der Waals surface area (Å²) in [5.41, 5.74) is 2.06. The minimum Gasteiger partial charge on any atom is -0.493 e. The van der Waals surface area contributed by atoms with Gasteiger partial charge in [-0.05, 0) is 47.0 Å². The molecule has 1 N–H and O–H groups in total. The van der Waals surface area contributed by atoms with E-state index in [0.29, 0.717) is 22.1 Å². The molecule has 1 saturated carbocycles. The Morgan fingerprint density at radius 2 is 1.95 bits per heavy atom. The molecule has 1 heterocycles. The van der Waals surface area contributed by atoms with Crippen molar-refractivity contribution in [3.63, 3.8) is 0 Å². The SMILES string of the molecule is COc1ccc(-c2nc(=S)c(Br)c(C3CC3)[nH]2)cc1OC. The Kier molecular flexibility index (Phi) is 3.99. The number of nitrogens with one attached hydrogen (secondary N) is 1. The zero-order valence-electron chi connectivity index (χ0n) is 11.8. The predicted octanol–water partition coefficient (Wildman–Crippen LogP) is 4.46. The molecule has 3 rings (SSSR count). The zero-order chi connectivity index (χ0) is 15.0. The molecule has 0 aliphatic heterocycles. The molecule has 6 heteroatoms. The smallest absolute Gasteiger partial charge is 0.161 e. The van der Waals surface area contributed by atoms with E-state index in [9.17, 15) is 0 Å². The van der Waals surface area contributed by atoms with Gasteiger partial charge < -0.3 is 14.5 Å². The zero-order valence-corrected chi connectivity index (χ0v) is 14.2. The fourth-order valence-electron chi connectivity index (χ4n) is 2.25. The van der Waals surface area contributed by atoms with Gasteiger partial charge in [0, 0.05) is 17.2 Å². The van der Waals surface area contributed by atoms with Gasteiger partial charge in [-0.3, -0.25) is 0 Å². The topological polar surface area (TPSA) is 47.1 Å². The van der Waals surface area contributed by atoms with Gasteiger partial charge in [-0.15, -0.1) is 0 Å². The Morgan fingerprint density at radius 3 is 2.57 bits per heavy atom. The third-order valence-electron chi connectivity index (χ3n) is 3.53. The second-order valence-corrected chi connectivity index (χ2v) is 6.14. The summed E-state index contributed by atoms with van der Waals surface area (Å²) in [4.78, 5) is 7.86. The lowest BCUT2D eigenvalue weighted by Crippen LogP contribution is -1.98. The van der Waals surface area contributed by atoms with Crippen LogP contribution < -0.4 is 9.47 Å². The van der Waals surface area contributed by atoms with E-state index < -0.39 is 0 Å². The molecule has 0 unspecified atom stereocenters. The molecular formula is C15H15BrN2O2S. The van der Waals surface area contributed by atoms with Crippen LogP contribution in [0.2, 0.25) is 0 Å². The van der Waals surface area contributed by atoms with E-state index in [1.165, 1.54) is 12.8 Å². The van der Waals surface area contributed by atoms with Gasteiger partial charge in [-0.25, -0.2) is 4.98 Å². The van der Waals surface area contributed by atoms with Crippen molar-refractivity contribution in [2.75, 3.05) is 14.2 Å². The molecule has 0 saturated heterocycles. The van der Waals surface area contributed by atoms with Crippen LogP contribution in [0, 0.1) is 4.64 Å². The Bertz CT molecular complexity index is 741. The maximum absolute atomic E-state index is 5.35. The Hall–Kier alpha value is -1.40. The molecule has 110 valence electrons. The third-order valence-corrected chi connectivity index (χ3v) is 4.89. The molecule has 0 atom stereocenters. The first-order chi connectivity index (χ1) is 10.1. The number of aromatic nitrogens is 2. The minimum absolute atomic E-state index is 0.558. The predicted molar refractivity (Wildman–Crippen MR) is 87.6 cm³/mol. The highest BCUT2D eigenvalue weighted by atomic mass is 79.9. The van der Waals surface area contributed by atoms with E-state index in [-0.39, 0.29) is 0 Å². The first-order valence-corrected chi connectivity index (χ1v) is 7.86. The highest BCUT2D eigenvalue weighted by Gasteiger charge is 2.27. The van der Waals surface area contributed by atoms with E-state index in [4.69, 9.17) is 21.7 Å². The standard InChI is InChI=1S/C15H15BrN2O2S/c1-19-10-6-5-9(7-11(10)20-2)14-17-13(8-3-4-8)12(16)15(21)18-14/h5-8H,3-4H2,1-2H3,(H,17,18,21). The number of benzene rings is 1. The maximum Gasteiger partial charge on any atom is 0.161 e. The van der Waals surface area contributed by atoms with Crippen LogP contribution in [0.4, 0.5) is 0 Å². The maximum atomic E-state index is 5.35. The van der Waals surface area contributed by atoms with Crippen LogP contribution in [-0.2, 0) is 0 Å². The molecule has 1 aliphatic carbocycles. The van der Waals surface area contributed by atoms with Crippen LogP contribution in [0.3, 0.4) is 0 Å². The summed E-state index contributed by atoms with van der Waals surface area (Å²) in [5.74, 6) is 2.68. The van der Waals surface area contributed by atoms with Crippen LogP contribution in [-0.4, -0.2) is 24.2 Å². The molecule has 1 aromatic carbocycles. The van der Waals surface area contributed by atoms with Gasteiger partial charge in [0.25, 0.3) is 0 Å². The largest absolute Gasteiger partial charge is 0.493 e. The second kappa shape index (κ2) is 5.77. The van der Waals surface area contributed by atoms with Crippen LogP contribution >= 0.6 is 28.1 Å². The summed E-state index contributed by atoms with van der Waals surface area (Å²) in [7, 11) is 3.24. The summed E-state index contributed by atoms with van der Waals surface area (Å²) >= 11 is 8.89. The quantitative estimate of drug-likeness (QED) is 0.811. The Morgan fingerprint density at radius 1 is 1.24 bits per heavy atom. The van der Waals surface area contributed by atoms with Crippen LogP contribution in [0.15, 0.2) is 22.7 Å². The number of aromatic amines is 1. The van der Waals surface area contributed by atoms with Gasteiger partial charge in [-0.2, -0.15) is 0 Å². The van der Waals surface area contributed by atoms with Crippen molar-refractivity contribution < 1.29 is 9.47 Å². The highest BCUT2D eigenvalue weighted by molar-refractivity contribution is 9.10. The average molecular weight is 367 g/mol. The summed E-state index contributed by atoms with van der Waals surface area (Å²) in [6.07, 6.45) is 2.39. The Labute approximate surface area is 136 Å². The van der Waals surface area contributed by atoms with Gasteiger partial charge >= 0.3 is 0 Å². The van der Waals surface area contributed by atoms with Crippen molar-refractivity contribution in [1.82, 2.24) is 9.97 Å². The van der Waals surface area contributed by atoms with E-state index in [1.54, 1.807) is 14.2 Å². The number of nitrogens with zero attached hydrogens (tertiary/aromatic N) is 1. The molecule has 2 aromatic rings. The number of rotatable bonds is 4. The van der Waals surface area contributed by atoms with E-state index in [1.807, 2.05) is 18.2 Å². The molecule has 0 spiro atoms. The monoisotopic (exact) mass is 366 g/mol. The first-order valence-electron chi connectivity index (χ1n) is 6.66. The normalized spacial score (nSPS) is 14.0. The molecular weight excluding hydrogens is 352 g/mol. The van der Waals surface area contributed by atoms with Crippen LogP contribution in [0.25, 0.3) is 11.4 Å². The number of halogens is 1. The van der Waals surface area contributed by atoms with E-state index in [2.05, 4.69) is 25.9 Å².